The molecule has 4 heteroatoms. The third-order valence-electron chi connectivity index (χ3n) is 1.57. The normalized spacial score (nSPS) is 9.62. The van der Waals surface area contributed by atoms with Gasteiger partial charge in [0, 0.05) is 30.5 Å². The molecule has 0 bridgehead atoms. The molecule has 1 heterocycles. The summed E-state index contributed by atoms with van der Waals surface area (Å²) in [6.07, 6.45) is 2.42. The van der Waals surface area contributed by atoms with Gasteiger partial charge in [0.05, 0.1) is 5.43 Å². The second kappa shape index (κ2) is 4.19. The van der Waals surface area contributed by atoms with E-state index in [1.165, 1.54) is 6.07 Å². The average molecular weight is 330 g/mol. The van der Waals surface area contributed by atoms with E-state index in [0.29, 0.717) is 11.0 Å². The van der Waals surface area contributed by atoms with Crippen molar-refractivity contribution in [2.45, 2.75) is 0 Å². The molecule has 0 fully saturated rings. The van der Waals surface area contributed by atoms with Crippen molar-refractivity contribution in [1.29, 1.82) is 0 Å². The van der Waals surface area contributed by atoms with E-state index in [1.807, 2.05) is 6.07 Å². The first-order valence-corrected chi connectivity index (χ1v) is 4.16. The summed E-state index contributed by atoms with van der Waals surface area (Å²) in [5.74, 6) is 0. The molecule has 2 aromatic rings. The zero-order valence-corrected chi connectivity index (χ0v) is 9.46. The first kappa shape index (κ1) is 10.7. The maximum atomic E-state index is 11.2. The molecule has 0 N–H and O–H groups in total. The fourth-order valence-electron chi connectivity index (χ4n) is 1.01. The van der Waals surface area contributed by atoms with Gasteiger partial charge in [0.15, 0.2) is 0 Å². The molecule has 2 rings (SSSR count). The van der Waals surface area contributed by atoms with Crippen LogP contribution in [0.4, 0.5) is 0 Å². The number of hydrogen-bond acceptors (Lipinski definition) is 2. The first-order chi connectivity index (χ1) is 5.77. The summed E-state index contributed by atoms with van der Waals surface area (Å²) >= 11 is 3.28. The summed E-state index contributed by atoms with van der Waals surface area (Å²) < 4.78 is 5.87. The summed E-state index contributed by atoms with van der Waals surface area (Å²) in [6.45, 7) is 0. The van der Waals surface area contributed by atoms with Crippen LogP contribution in [0, 0.1) is 6.26 Å². The Morgan fingerprint density at radius 2 is 2.15 bits per heavy atom. The van der Waals surface area contributed by atoms with E-state index in [0.717, 1.165) is 4.47 Å². The second-order valence-corrected chi connectivity index (χ2v) is 3.28. The number of benzene rings is 1. The predicted molar refractivity (Wildman–Crippen MR) is 49.0 cm³/mol. The second-order valence-electron chi connectivity index (χ2n) is 2.37. The molecule has 0 saturated carbocycles. The van der Waals surface area contributed by atoms with E-state index >= 15 is 0 Å². The molecule has 0 aliphatic rings. The molecule has 70 valence electrons. The molecular weight excluding hydrogens is 326 g/mol. The summed E-state index contributed by atoms with van der Waals surface area (Å²) in [5.41, 5.74) is 0.489. The van der Waals surface area contributed by atoms with E-state index in [-0.39, 0.29) is 25.9 Å². The fraction of sp³-hybridized carbons (Fsp3) is 0. The van der Waals surface area contributed by atoms with Crippen molar-refractivity contribution in [3.05, 3.63) is 45.2 Å². The van der Waals surface area contributed by atoms with Gasteiger partial charge in [0.1, 0.15) is 0 Å². The van der Waals surface area contributed by atoms with Gasteiger partial charge in [-0.05, 0) is 11.6 Å². The van der Waals surface area contributed by atoms with Gasteiger partial charge in [0.2, 0.25) is 0 Å². The molecule has 2 nitrogen and oxygen atoms in total. The van der Waals surface area contributed by atoms with Crippen molar-refractivity contribution in [2.75, 3.05) is 0 Å². The first-order valence-electron chi connectivity index (χ1n) is 3.37. The minimum atomic E-state index is -0.0717. The van der Waals surface area contributed by atoms with E-state index in [2.05, 4.69) is 22.2 Å². The Balaban J connectivity index is 0.000000845. The van der Waals surface area contributed by atoms with Crippen LogP contribution < -0.4 is 5.43 Å². The predicted octanol–water partition coefficient (Wildman–Crippen LogP) is 2.35. The van der Waals surface area contributed by atoms with E-state index in [9.17, 15) is 4.79 Å². The van der Waals surface area contributed by atoms with Crippen LogP contribution >= 0.6 is 15.9 Å². The summed E-state index contributed by atoms with van der Waals surface area (Å²) in [5, 5.41) is 0.572. The fourth-order valence-corrected chi connectivity index (χ4v) is 1.37. The Hall–Kier alpha value is -0.428. The van der Waals surface area contributed by atoms with Crippen LogP contribution in [0.2, 0.25) is 0 Å². The molecule has 1 aromatic carbocycles. The maximum Gasteiger partial charge on any atom is 0.0778 e. The van der Waals surface area contributed by atoms with Gasteiger partial charge in [-0.2, -0.15) is 0 Å². The maximum absolute atomic E-state index is 11.2. The third kappa shape index (κ3) is 2.08. The Labute approximate surface area is 96.7 Å². The van der Waals surface area contributed by atoms with E-state index < -0.39 is 0 Å². The van der Waals surface area contributed by atoms with Gasteiger partial charge in [-0.3, -0.25) is 0 Å². The van der Waals surface area contributed by atoms with Crippen LogP contribution in [0.5, 0.6) is 0 Å². The van der Waals surface area contributed by atoms with Gasteiger partial charge < -0.3 is 9.21 Å². The smallest absolute Gasteiger partial charge is 0.0778 e. The van der Waals surface area contributed by atoms with Crippen molar-refractivity contribution in [3.8, 4) is 0 Å². The van der Waals surface area contributed by atoms with Crippen molar-refractivity contribution in [1.82, 2.24) is 0 Å². The van der Waals surface area contributed by atoms with E-state index in [1.54, 1.807) is 12.1 Å². The monoisotopic (exact) mass is 329 g/mol. The molecule has 0 unspecified atom stereocenters. The quantitative estimate of drug-likeness (QED) is 0.548. The Kier molecular flexibility index (Phi) is 3.43. The largest absolute Gasteiger partial charge is 0.581 e. The van der Waals surface area contributed by atoms with Crippen molar-refractivity contribution in [3.63, 3.8) is 0 Å². The molecule has 0 atom stereocenters. The molecular formula is C9H4BrO2Pd-. The Morgan fingerprint density at radius 1 is 1.38 bits per heavy atom. The SMILES string of the molecule is O=c1c[c-]oc2ccc(Br)cc12.[Pd]. The summed E-state index contributed by atoms with van der Waals surface area (Å²) in [4.78, 5) is 11.2. The van der Waals surface area contributed by atoms with Crippen LogP contribution in [0.25, 0.3) is 11.0 Å². The molecule has 0 aliphatic carbocycles. The van der Waals surface area contributed by atoms with E-state index in [4.69, 9.17) is 4.42 Å². The third-order valence-corrected chi connectivity index (χ3v) is 2.06. The zero-order chi connectivity index (χ0) is 8.55. The number of fused-ring (bicyclic) bond motifs is 1. The van der Waals surface area contributed by atoms with Crippen LogP contribution in [0.1, 0.15) is 0 Å². The van der Waals surface area contributed by atoms with Crippen molar-refractivity contribution < 1.29 is 24.8 Å². The van der Waals surface area contributed by atoms with Gasteiger partial charge in [0.25, 0.3) is 0 Å². The van der Waals surface area contributed by atoms with Gasteiger partial charge in [-0.25, -0.2) is 0 Å². The van der Waals surface area contributed by atoms with Gasteiger partial charge in [-0.15, -0.1) is 0 Å². The minimum absolute atomic E-state index is 0. The van der Waals surface area contributed by atoms with Crippen molar-refractivity contribution >= 4 is 26.9 Å². The molecule has 0 amide bonds. The zero-order valence-electron chi connectivity index (χ0n) is 6.32. The number of hydrogen-bond donors (Lipinski definition) is 0. The average Bonchev–Trinajstić information content (AvgIpc) is 2.07. The van der Waals surface area contributed by atoms with Crippen LogP contribution in [-0.2, 0) is 20.4 Å². The Morgan fingerprint density at radius 3 is 2.92 bits per heavy atom. The Bertz CT molecular complexity index is 478. The minimum Gasteiger partial charge on any atom is -0.581 e. The van der Waals surface area contributed by atoms with Crippen LogP contribution in [0.15, 0.2) is 37.9 Å². The van der Waals surface area contributed by atoms with Crippen LogP contribution in [0.3, 0.4) is 0 Å². The van der Waals surface area contributed by atoms with Gasteiger partial charge >= 0.3 is 0 Å². The molecule has 0 aliphatic heterocycles. The topological polar surface area (TPSA) is 30.2 Å². The van der Waals surface area contributed by atoms with Crippen molar-refractivity contribution in [2.24, 2.45) is 0 Å². The molecule has 1 aromatic heterocycles. The standard InChI is InChI=1S/C9H4BrO2.Pd/c10-6-1-2-9-7(5-6)8(11)3-4-12-9;/h1-3,5H;/q-1;. The summed E-state index contributed by atoms with van der Waals surface area (Å²) in [6, 6.07) is 6.57. The molecule has 0 spiro atoms. The summed E-state index contributed by atoms with van der Waals surface area (Å²) in [7, 11) is 0. The number of halogens is 1. The molecule has 13 heavy (non-hydrogen) atoms. The number of rotatable bonds is 0. The molecule has 0 radical (unpaired) electrons. The molecule has 0 saturated heterocycles. The van der Waals surface area contributed by atoms with Crippen LogP contribution in [-0.4, -0.2) is 0 Å². The van der Waals surface area contributed by atoms with Gasteiger partial charge in [-0.1, -0.05) is 40.2 Å².